The van der Waals surface area contributed by atoms with E-state index in [9.17, 15) is 4.79 Å². The van der Waals surface area contributed by atoms with Crippen LogP contribution in [0.4, 0.5) is 0 Å². The van der Waals surface area contributed by atoms with Crippen molar-refractivity contribution in [2.45, 2.75) is 18.9 Å². The van der Waals surface area contributed by atoms with Gasteiger partial charge in [-0.1, -0.05) is 5.21 Å². The second-order valence-electron chi connectivity index (χ2n) is 5.07. The highest BCUT2D eigenvalue weighted by Gasteiger charge is 2.31. The fourth-order valence-corrected chi connectivity index (χ4v) is 2.30. The maximum absolute atomic E-state index is 12.2. The van der Waals surface area contributed by atoms with Gasteiger partial charge in [0, 0.05) is 25.2 Å². The maximum atomic E-state index is 12.2. The topological polar surface area (TPSA) is 85.8 Å². The number of nitrogens with zero attached hydrogens (tertiary/aromatic N) is 3. The molecule has 2 aromatic rings. The summed E-state index contributed by atoms with van der Waals surface area (Å²) >= 11 is 0. The van der Waals surface area contributed by atoms with E-state index in [-0.39, 0.29) is 11.9 Å². The number of rotatable bonds is 4. The molecule has 6 nitrogen and oxygen atoms in total. The molecule has 6 heteroatoms. The number of benzene rings is 1. The predicted molar refractivity (Wildman–Crippen MR) is 71.5 cm³/mol. The fraction of sp³-hybridized carbons (Fsp3) is 0.462. The van der Waals surface area contributed by atoms with Crippen molar-refractivity contribution in [2.75, 3.05) is 6.54 Å². The maximum Gasteiger partial charge on any atom is 0.251 e. The van der Waals surface area contributed by atoms with E-state index in [1.54, 1.807) is 16.8 Å². The Labute approximate surface area is 111 Å². The van der Waals surface area contributed by atoms with Crippen LogP contribution in [0.2, 0.25) is 0 Å². The molecular formula is C13H17N5O. The van der Waals surface area contributed by atoms with Gasteiger partial charge in [0.25, 0.3) is 5.91 Å². The molecule has 100 valence electrons. The number of aryl methyl sites for hydroxylation is 1. The van der Waals surface area contributed by atoms with Gasteiger partial charge < -0.3 is 11.1 Å². The molecule has 0 saturated heterocycles. The first-order valence-corrected chi connectivity index (χ1v) is 6.49. The van der Waals surface area contributed by atoms with Gasteiger partial charge in [-0.2, -0.15) is 0 Å². The number of aromatic nitrogens is 3. The first kappa shape index (κ1) is 12.1. The Morgan fingerprint density at radius 3 is 3.05 bits per heavy atom. The summed E-state index contributed by atoms with van der Waals surface area (Å²) in [5.41, 5.74) is 7.94. The monoisotopic (exact) mass is 259 g/mol. The van der Waals surface area contributed by atoms with Crippen molar-refractivity contribution in [2.24, 2.45) is 18.7 Å². The summed E-state index contributed by atoms with van der Waals surface area (Å²) in [4.78, 5) is 12.2. The zero-order chi connectivity index (χ0) is 13.4. The van der Waals surface area contributed by atoms with Gasteiger partial charge in [0.05, 0.1) is 5.52 Å². The van der Waals surface area contributed by atoms with Gasteiger partial charge in [-0.3, -0.25) is 4.79 Å². The molecule has 1 heterocycles. The van der Waals surface area contributed by atoms with Crippen molar-refractivity contribution < 1.29 is 4.79 Å². The molecule has 0 bridgehead atoms. The number of hydrogen-bond donors (Lipinski definition) is 2. The third kappa shape index (κ3) is 2.31. The van der Waals surface area contributed by atoms with Crippen LogP contribution >= 0.6 is 0 Å². The smallest absolute Gasteiger partial charge is 0.251 e. The molecule has 1 aliphatic rings. The summed E-state index contributed by atoms with van der Waals surface area (Å²) < 4.78 is 1.68. The van der Waals surface area contributed by atoms with Crippen LogP contribution in [0, 0.1) is 5.92 Å². The minimum atomic E-state index is -0.0881. The highest BCUT2D eigenvalue weighted by Crippen LogP contribution is 2.32. The lowest BCUT2D eigenvalue weighted by molar-refractivity contribution is 0.0933. The van der Waals surface area contributed by atoms with E-state index in [1.807, 2.05) is 13.1 Å². The van der Waals surface area contributed by atoms with Crippen molar-refractivity contribution in [1.82, 2.24) is 20.3 Å². The highest BCUT2D eigenvalue weighted by atomic mass is 16.1. The van der Waals surface area contributed by atoms with Crippen LogP contribution in [0.15, 0.2) is 18.2 Å². The first-order valence-electron chi connectivity index (χ1n) is 6.49. The van der Waals surface area contributed by atoms with E-state index >= 15 is 0 Å². The number of hydrogen-bond acceptors (Lipinski definition) is 4. The van der Waals surface area contributed by atoms with Crippen molar-refractivity contribution in [3.05, 3.63) is 23.8 Å². The number of carbonyl (C=O) groups excluding carboxylic acids is 1. The molecule has 1 aromatic heterocycles. The summed E-state index contributed by atoms with van der Waals surface area (Å²) in [7, 11) is 1.83. The Balaban J connectivity index is 1.80. The molecule has 0 radical (unpaired) electrons. The third-order valence-electron chi connectivity index (χ3n) is 3.63. The number of fused-ring (bicyclic) bond motifs is 1. The Kier molecular flexibility index (Phi) is 2.94. The zero-order valence-electron chi connectivity index (χ0n) is 10.8. The molecule has 1 aromatic carbocycles. The van der Waals surface area contributed by atoms with Gasteiger partial charge in [-0.15, -0.1) is 5.10 Å². The number of amides is 1. The van der Waals surface area contributed by atoms with E-state index in [1.165, 1.54) is 0 Å². The largest absolute Gasteiger partial charge is 0.348 e. The highest BCUT2D eigenvalue weighted by molar-refractivity contribution is 5.97. The minimum Gasteiger partial charge on any atom is -0.348 e. The van der Waals surface area contributed by atoms with Gasteiger partial charge >= 0.3 is 0 Å². The summed E-state index contributed by atoms with van der Waals surface area (Å²) in [5.74, 6) is 0.462. The summed E-state index contributed by atoms with van der Waals surface area (Å²) in [5, 5.41) is 10.9. The summed E-state index contributed by atoms with van der Waals surface area (Å²) in [6.07, 6.45) is 2.32. The van der Waals surface area contributed by atoms with Crippen molar-refractivity contribution >= 4 is 16.9 Å². The molecule has 1 unspecified atom stereocenters. The number of nitrogens with one attached hydrogen (secondary N) is 1. The van der Waals surface area contributed by atoms with Gasteiger partial charge in [0.2, 0.25) is 0 Å². The van der Waals surface area contributed by atoms with Crippen molar-refractivity contribution in [3.8, 4) is 0 Å². The fourth-order valence-electron chi connectivity index (χ4n) is 2.30. The van der Waals surface area contributed by atoms with Crippen molar-refractivity contribution in [3.63, 3.8) is 0 Å². The molecule has 1 atom stereocenters. The Bertz CT molecular complexity index is 617. The summed E-state index contributed by atoms with van der Waals surface area (Å²) in [6, 6.07) is 5.50. The SMILES string of the molecule is Cn1nnc2cc(C(=O)NC(CN)C3CC3)ccc21. The lowest BCUT2D eigenvalue weighted by atomic mass is 10.1. The third-order valence-corrected chi connectivity index (χ3v) is 3.63. The van der Waals surface area contributed by atoms with Gasteiger partial charge in [-0.05, 0) is 37.0 Å². The first-order chi connectivity index (χ1) is 9.19. The van der Waals surface area contributed by atoms with Crippen LogP contribution in [0.25, 0.3) is 11.0 Å². The van der Waals surface area contributed by atoms with Crippen LogP contribution in [-0.2, 0) is 7.05 Å². The molecule has 1 amide bonds. The zero-order valence-corrected chi connectivity index (χ0v) is 10.8. The van der Waals surface area contributed by atoms with Crippen LogP contribution in [0.1, 0.15) is 23.2 Å². The van der Waals surface area contributed by atoms with Gasteiger partial charge in [-0.25, -0.2) is 4.68 Å². The van der Waals surface area contributed by atoms with Gasteiger partial charge in [0.15, 0.2) is 0 Å². The quantitative estimate of drug-likeness (QED) is 0.834. The van der Waals surface area contributed by atoms with Crippen LogP contribution in [0.5, 0.6) is 0 Å². The van der Waals surface area contributed by atoms with Crippen LogP contribution < -0.4 is 11.1 Å². The molecule has 1 fully saturated rings. The van der Waals surface area contributed by atoms with E-state index < -0.39 is 0 Å². The average molecular weight is 259 g/mol. The average Bonchev–Trinajstić information content (AvgIpc) is 3.20. The molecule has 3 rings (SSSR count). The van der Waals surface area contributed by atoms with Crippen molar-refractivity contribution in [1.29, 1.82) is 0 Å². The Morgan fingerprint density at radius 2 is 2.37 bits per heavy atom. The van der Waals surface area contributed by atoms with Crippen LogP contribution in [-0.4, -0.2) is 33.5 Å². The normalized spacial score (nSPS) is 16.5. The predicted octanol–water partition coefficient (Wildman–Crippen LogP) is 0.435. The molecule has 19 heavy (non-hydrogen) atoms. The van der Waals surface area contributed by atoms with E-state index in [0.29, 0.717) is 18.0 Å². The van der Waals surface area contributed by atoms with E-state index in [4.69, 9.17) is 5.73 Å². The number of carbonyl (C=O) groups is 1. The van der Waals surface area contributed by atoms with Gasteiger partial charge in [0.1, 0.15) is 5.52 Å². The minimum absolute atomic E-state index is 0.0880. The second-order valence-corrected chi connectivity index (χ2v) is 5.07. The second kappa shape index (κ2) is 4.62. The molecule has 0 aliphatic heterocycles. The standard InChI is InChI=1S/C13H17N5O/c1-18-12-5-4-9(6-10(12)16-17-18)13(19)15-11(7-14)8-2-3-8/h4-6,8,11H,2-3,7,14H2,1H3,(H,15,19). The van der Waals surface area contributed by atoms with Crippen LogP contribution in [0.3, 0.4) is 0 Å². The Hall–Kier alpha value is -1.95. The molecule has 1 aliphatic carbocycles. The van der Waals surface area contributed by atoms with E-state index in [0.717, 1.165) is 23.9 Å². The Morgan fingerprint density at radius 1 is 1.58 bits per heavy atom. The van der Waals surface area contributed by atoms with E-state index in [2.05, 4.69) is 15.6 Å². The molecule has 1 saturated carbocycles. The summed E-state index contributed by atoms with van der Waals surface area (Å²) in [6.45, 7) is 0.490. The lowest BCUT2D eigenvalue weighted by Gasteiger charge is -2.15. The molecular weight excluding hydrogens is 242 g/mol. The lowest BCUT2D eigenvalue weighted by Crippen LogP contribution is -2.41. The molecule has 3 N–H and O–H groups in total. The molecule has 0 spiro atoms. The number of nitrogens with two attached hydrogens (primary N) is 1.